The predicted octanol–water partition coefficient (Wildman–Crippen LogP) is 10.6. The van der Waals surface area contributed by atoms with Crippen LogP contribution < -0.4 is 9.47 Å². The van der Waals surface area contributed by atoms with E-state index < -0.39 is 85.9 Å². The van der Waals surface area contributed by atoms with E-state index in [-0.39, 0.29) is 61.4 Å². The number of rotatable bonds is 25. The second-order valence-corrected chi connectivity index (χ2v) is 19.5. The zero-order valence-corrected chi connectivity index (χ0v) is 45.5. The molecule has 0 spiro atoms. The van der Waals surface area contributed by atoms with E-state index in [1.807, 2.05) is 121 Å². The average Bonchev–Trinajstić information content (AvgIpc) is 3.64. The summed E-state index contributed by atoms with van der Waals surface area (Å²) in [6.45, 7) is 0.272. The molecule has 10 unspecified atom stereocenters. The highest BCUT2D eigenvalue weighted by Gasteiger charge is 2.56. The van der Waals surface area contributed by atoms with Gasteiger partial charge in [-0.2, -0.15) is 0 Å². The van der Waals surface area contributed by atoms with Crippen molar-refractivity contribution in [3.05, 3.63) is 270 Å². The SMILES string of the molecule is COc1cccnc1OC1OC(COC2OC(COCc3ccccc3)C(OCc3ccccc3)C(OCc3ccccc3)C2OCc2ccccc2)C(OC(=O)c2ccccc2)C(OC(=O)c2ccccc2)C1OC(=O)c1ccccc1. The lowest BCUT2D eigenvalue weighted by atomic mass is 9.96. The molecule has 0 radical (unpaired) electrons. The van der Waals surface area contributed by atoms with Crippen molar-refractivity contribution in [3.63, 3.8) is 0 Å². The quantitative estimate of drug-likeness (QED) is 0.0390. The summed E-state index contributed by atoms with van der Waals surface area (Å²) in [4.78, 5) is 47.7. The molecule has 3 heterocycles. The Morgan fingerprint density at radius 3 is 1.27 bits per heavy atom. The molecule has 0 amide bonds. The van der Waals surface area contributed by atoms with E-state index in [4.69, 9.17) is 56.8 Å². The monoisotopic (exact) mass is 1120 g/mol. The molecule has 2 aliphatic rings. The Balaban J connectivity index is 1.06. The normalized spacial score (nSPS) is 22.1. The molecule has 0 bridgehead atoms. The van der Waals surface area contributed by atoms with Gasteiger partial charge in [0.05, 0.1) is 63.4 Å². The largest absolute Gasteiger partial charge is 0.491 e. The first kappa shape index (κ1) is 57.6. The molecule has 426 valence electrons. The van der Waals surface area contributed by atoms with Crippen LogP contribution in [0.3, 0.4) is 0 Å². The van der Waals surface area contributed by atoms with E-state index in [9.17, 15) is 14.4 Å². The number of esters is 3. The summed E-state index contributed by atoms with van der Waals surface area (Å²) < 4.78 is 79.6. The molecule has 16 heteroatoms. The number of hydrogen-bond acceptors (Lipinski definition) is 16. The van der Waals surface area contributed by atoms with Gasteiger partial charge in [-0.15, -0.1) is 0 Å². The molecule has 7 aromatic carbocycles. The van der Waals surface area contributed by atoms with Gasteiger partial charge < -0.3 is 56.8 Å². The molecule has 2 saturated heterocycles. The smallest absolute Gasteiger partial charge is 0.338 e. The summed E-state index contributed by atoms with van der Waals surface area (Å²) in [6, 6.07) is 66.9. The molecule has 0 saturated carbocycles. The van der Waals surface area contributed by atoms with E-state index in [1.54, 1.807) is 103 Å². The van der Waals surface area contributed by atoms with Gasteiger partial charge in [0.15, 0.2) is 24.2 Å². The van der Waals surface area contributed by atoms with Crippen molar-refractivity contribution in [1.29, 1.82) is 0 Å². The van der Waals surface area contributed by atoms with Crippen molar-refractivity contribution >= 4 is 17.9 Å². The third-order valence-electron chi connectivity index (χ3n) is 13.8. The summed E-state index contributed by atoms with van der Waals surface area (Å²) in [6.07, 6.45) is -11.3. The summed E-state index contributed by atoms with van der Waals surface area (Å²) >= 11 is 0. The van der Waals surface area contributed by atoms with Crippen LogP contribution in [0, 0.1) is 0 Å². The van der Waals surface area contributed by atoms with Crippen LogP contribution >= 0.6 is 0 Å². The molecule has 83 heavy (non-hydrogen) atoms. The average molecular weight is 1120 g/mol. The molecule has 16 nitrogen and oxygen atoms in total. The van der Waals surface area contributed by atoms with Crippen molar-refractivity contribution in [1.82, 2.24) is 4.98 Å². The minimum atomic E-state index is -1.65. The second kappa shape index (κ2) is 29.4. The minimum absolute atomic E-state index is 0.0237. The number of nitrogens with zero attached hydrogens (tertiary/aromatic N) is 1. The number of carbonyl (C=O) groups excluding carboxylic acids is 3. The highest BCUT2D eigenvalue weighted by atomic mass is 16.8. The number of carbonyl (C=O) groups is 3. The molecule has 10 rings (SSSR count). The summed E-state index contributed by atoms with van der Waals surface area (Å²) in [7, 11) is 1.44. The topological polar surface area (TPSA) is 175 Å². The van der Waals surface area contributed by atoms with Gasteiger partial charge in [-0.3, -0.25) is 0 Å². The second-order valence-electron chi connectivity index (χ2n) is 19.5. The van der Waals surface area contributed by atoms with Crippen molar-refractivity contribution in [2.24, 2.45) is 0 Å². The molecule has 10 atom stereocenters. The molecule has 8 aromatic rings. The van der Waals surface area contributed by atoms with Crippen LogP contribution in [0.4, 0.5) is 0 Å². The van der Waals surface area contributed by atoms with E-state index in [0.717, 1.165) is 22.3 Å². The van der Waals surface area contributed by atoms with Crippen molar-refractivity contribution in [2.75, 3.05) is 20.3 Å². The lowest BCUT2D eigenvalue weighted by Gasteiger charge is -2.47. The van der Waals surface area contributed by atoms with E-state index in [2.05, 4.69) is 4.98 Å². The van der Waals surface area contributed by atoms with Crippen LogP contribution in [0.15, 0.2) is 231 Å². The van der Waals surface area contributed by atoms with Gasteiger partial charge in [-0.25, -0.2) is 19.4 Å². The zero-order chi connectivity index (χ0) is 57.0. The van der Waals surface area contributed by atoms with Crippen LogP contribution in [0.2, 0.25) is 0 Å². The van der Waals surface area contributed by atoms with E-state index in [1.165, 1.54) is 13.3 Å². The zero-order valence-electron chi connectivity index (χ0n) is 45.5. The highest BCUT2D eigenvalue weighted by molar-refractivity contribution is 5.91. The van der Waals surface area contributed by atoms with Gasteiger partial charge in [-0.1, -0.05) is 176 Å². The standard InChI is InChI=1S/C67H63NO15/c1-72-53-38-23-39-68-62(53)83-67-61(82-65(71)52-36-21-8-22-37-52)59(81-64(70)51-34-19-7-20-35-51)57(80-63(69)50-32-17-6-18-33-50)55(79-67)45-77-66-60(76-43-49-30-15-5-16-31-49)58(75-42-48-28-13-4-14-29-48)56(74-41-47-26-11-3-12-27-47)54(78-66)44-73-40-46-24-9-2-10-25-46/h2-39,54-61,66-67H,40-45H2,1H3. The molecule has 2 aliphatic heterocycles. The maximum Gasteiger partial charge on any atom is 0.338 e. The fourth-order valence-corrected chi connectivity index (χ4v) is 9.61. The Bertz CT molecular complexity index is 3240. The lowest BCUT2D eigenvalue weighted by molar-refractivity contribution is -0.340. The molecule has 1 aromatic heterocycles. The number of methoxy groups -OCH3 is 1. The molecule has 0 N–H and O–H groups in total. The van der Waals surface area contributed by atoms with Crippen LogP contribution in [-0.2, 0) is 73.8 Å². The highest BCUT2D eigenvalue weighted by Crippen LogP contribution is 2.37. The Labute approximate surface area is 481 Å². The summed E-state index contributed by atoms with van der Waals surface area (Å²) in [5, 5.41) is 0. The van der Waals surface area contributed by atoms with Crippen molar-refractivity contribution in [3.8, 4) is 11.6 Å². The molecular weight excluding hydrogens is 1060 g/mol. The van der Waals surface area contributed by atoms with Gasteiger partial charge >= 0.3 is 17.9 Å². The Morgan fingerprint density at radius 1 is 0.386 bits per heavy atom. The number of benzene rings is 7. The first-order chi connectivity index (χ1) is 40.9. The number of hydrogen-bond donors (Lipinski definition) is 0. The maximum absolute atomic E-state index is 14.5. The molecule has 2 fully saturated rings. The van der Waals surface area contributed by atoms with Gasteiger partial charge in [0.2, 0.25) is 12.4 Å². The summed E-state index contributed by atoms with van der Waals surface area (Å²) in [5.41, 5.74) is 4.08. The third-order valence-corrected chi connectivity index (χ3v) is 13.8. The van der Waals surface area contributed by atoms with Gasteiger partial charge in [-0.05, 0) is 70.8 Å². The van der Waals surface area contributed by atoms with E-state index >= 15 is 0 Å². The number of ether oxygens (including phenoxy) is 12. The fraction of sp³-hybridized carbons (Fsp3) is 0.254. The van der Waals surface area contributed by atoms with Crippen molar-refractivity contribution < 1.29 is 71.2 Å². The summed E-state index contributed by atoms with van der Waals surface area (Å²) in [5.74, 6) is -2.34. The minimum Gasteiger partial charge on any atom is -0.491 e. The van der Waals surface area contributed by atoms with Crippen molar-refractivity contribution in [2.45, 2.75) is 87.8 Å². The molecule has 0 aliphatic carbocycles. The maximum atomic E-state index is 14.5. The predicted molar refractivity (Wildman–Crippen MR) is 303 cm³/mol. The Morgan fingerprint density at radius 2 is 0.783 bits per heavy atom. The lowest BCUT2D eigenvalue weighted by Crippen LogP contribution is -2.65. The Kier molecular flexibility index (Phi) is 20.4. The van der Waals surface area contributed by atoms with Gasteiger partial charge in [0, 0.05) is 6.20 Å². The first-order valence-corrected chi connectivity index (χ1v) is 27.3. The number of pyridine rings is 1. The van der Waals surface area contributed by atoms with Gasteiger partial charge in [0.1, 0.15) is 30.5 Å². The van der Waals surface area contributed by atoms with Crippen LogP contribution in [0.1, 0.15) is 53.3 Å². The van der Waals surface area contributed by atoms with E-state index in [0.29, 0.717) is 0 Å². The fourth-order valence-electron chi connectivity index (χ4n) is 9.61. The van der Waals surface area contributed by atoms with Crippen LogP contribution in [0.5, 0.6) is 11.6 Å². The van der Waals surface area contributed by atoms with Crippen LogP contribution in [-0.4, -0.2) is 105 Å². The molecular formula is C67H63NO15. The Hall–Kier alpha value is -8.58. The van der Waals surface area contributed by atoms with Crippen LogP contribution in [0.25, 0.3) is 0 Å². The van der Waals surface area contributed by atoms with Gasteiger partial charge in [0.25, 0.3) is 5.88 Å². The first-order valence-electron chi connectivity index (χ1n) is 27.3. The third kappa shape index (κ3) is 15.7. The number of aromatic nitrogens is 1.